The van der Waals surface area contributed by atoms with Gasteiger partial charge in [-0.05, 0) is 92.6 Å². The summed E-state index contributed by atoms with van der Waals surface area (Å²) in [5, 5.41) is 8.23. The number of ether oxygens (including phenoxy) is 1. The molecular formula is C50H58FN7O10. The van der Waals surface area contributed by atoms with Gasteiger partial charge in [0.25, 0.3) is 17.7 Å². The molecule has 18 heteroatoms. The largest absolute Gasteiger partial charge is 0.427 e. The number of unbranched alkanes of at least 4 members (excludes halogenated alkanes) is 7. The fraction of sp³-hybridized carbons (Fsp3) is 0.460. The second kappa shape index (κ2) is 21.3. The van der Waals surface area contributed by atoms with Crippen molar-refractivity contribution in [2.75, 3.05) is 23.7 Å². The summed E-state index contributed by atoms with van der Waals surface area (Å²) >= 11 is 0. The van der Waals surface area contributed by atoms with E-state index in [4.69, 9.17) is 10.5 Å². The molecule has 1 aliphatic carbocycles. The number of halogens is 1. The Morgan fingerprint density at radius 1 is 0.868 bits per heavy atom. The summed E-state index contributed by atoms with van der Waals surface area (Å²) in [5.41, 5.74) is 7.88. The average Bonchev–Trinajstić information content (AvgIpc) is 3.87. The first-order valence-electron chi connectivity index (χ1n) is 23.4. The minimum atomic E-state index is -1.59. The van der Waals surface area contributed by atoms with E-state index in [9.17, 15) is 47.5 Å². The topological polar surface area (TPSA) is 235 Å². The molecule has 2 unspecified atom stereocenters. The minimum absolute atomic E-state index is 0.0308. The number of hydrogen-bond acceptors (Lipinski definition) is 11. The lowest BCUT2D eigenvalue weighted by atomic mass is 9.92. The number of carbonyl (C=O) groups is 9. The molecule has 3 aromatic rings. The average molecular weight is 936 g/mol. The maximum absolute atomic E-state index is 14.1. The zero-order valence-corrected chi connectivity index (χ0v) is 38.4. The Labute approximate surface area is 393 Å². The van der Waals surface area contributed by atoms with Gasteiger partial charge in [-0.15, -0.1) is 0 Å². The number of aryl methyl sites for hydroxylation is 1. The Bertz CT molecular complexity index is 2500. The Hall–Kier alpha value is -6.98. The molecule has 3 heterocycles. The van der Waals surface area contributed by atoms with Crippen molar-refractivity contribution in [2.45, 2.75) is 128 Å². The van der Waals surface area contributed by atoms with Crippen LogP contribution in [0.5, 0.6) is 0 Å². The number of amides is 9. The maximum atomic E-state index is 14.1. The fourth-order valence-corrected chi connectivity index (χ4v) is 9.74. The normalized spacial score (nSPS) is 19.4. The van der Waals surface area contributed by atoms with Crippen molar-refractivity contribution in [1.29, 1.82) is 0 Å². The lowest BCUT2D eigenvalue weighted by Crippen LogP contribution is -2.54. The van der Waals surface area contributed by atoms with Crippen molar-refractivity contribution in [3.63, 3.8) is 0 Å². The van der Waals surface area contributed by atoms with Crippen LogP contribution in [0.3, 0.4) is 0 Å². The van der Waals surface area contributed by atoms with Crippen molar-refractivity contribution in [3.05, 3.63) is 94.3 Å². The van der Waals surface area contributed by atoms with Gasteiger partial charge in [0.2, 0.25) is 35.1 Å². The Morgan fingerprint density at radius 2 is 1.54 bits per heavy atom. The Balaban J connectivity index is 0.841. The van der Waals surface area contributed by atoms with Gasteiger partial charge in [-0.2, -0.15) is 0 Å². The molecule has 4 atom stereocenters. The lowest BCUT2D eigenvalue weighted by molar-refractivity contribution is -0.143. The lowest BCUT2D eigenvalue weighted by Gasteiger charge is -2.32. The summed E-state index contributed by atoms with van der Waals surface area (Å²) in [4.78, 5) is 119. The van der Waals surface area contributed by atoms with E-state index in [0.717, 1.165) is 66.7 Å². The van der Waals surface area contributed by atoms with Crippen molar-refractivity contribution in [2.24, 2.45) is 11.7 Å². The molecule has 68 heavy (non-hydrogen) atoms. The number of piperidine rings is 1. The summed E-state index contributed by atoms with van der Waals surface area (Å²) < 4.78 is 19.6. The first-order valence-corrected chi connectivity index (χ1v) is 23.4. The van der Waals surface area contributed by atoms with E-state index in [1.54, 1.807) is 55.5 Å². The van der Waals surface area contributed by atoms with E-state index >= 15 is 0 Å². The highest BCUT2D eigenvalue weighted by Gasteiger charge is 2.58. The molecule has 3 aromatic carbocycles. The molecule has 2 saturated heterocycles. The number of rotatable bonds is 22. The van der Waals surface area contributed by atoms with E-state index < -0.39 is 83.4 Å². The predicted octanol–water partition coefficient (Wildman–Crippen LogP) is 5.84. The van der Waals surface area contributed by atoms with Crippen molar-refractivity contribution in [3.8, 4) is 0 Å². The number of hydrogen-bond donors (Lipinski definition) is 4. The molecule has 360 valence electrons. The Kier molecular flexibility index (Phi) is 15.3. The molecule has 17 nitrogen and oxygen atoms in total. The van der Waals surface area contributed by atoms with E-state index in [-0.39, 0.29) is 49.3 Å². The number of benzene rings is 3. The standard InChI is InChI=1S/C50H58FN7O10/c1-30(56(28-32-12-14-35(51)15-13-32)43(61)29-57-48(66)50(68-49(57)67)23-22-33-26-37(54-31(2)59)17-19-40(33)50)25-34(44(52)62)11-9-7-5-3-4-6-8-10-24-53-36-16-18-38-39(27-36)47(65)58(46(38)64)41-20-21-42(60)55-45(41)63/h12-19,26-27,30,34,41,53H,3-11,20-25,28-29H2,1-2H3,(H2,52,62)(H,54,59)(H,55,60,63)/t30-,34?,41?,50+/m0/s1. The molecule has 1 spiro atoms. The van der Waals surface area contributed by atoms with Crippen LogP contribution < -0.4 is 21.7 Å². The molecule has 5 N–H and O–H groups in total. The Morgan fingerprint density at radius 3 is 2.24 bits per heavy atom. The van der Waals surface area contributed by atoms with Crippen molar-refractivity contribution >= 4 is 64.7 Å². The first-order chi connectivity index (χ1) is 32.6. The highest BCUT2D eigenvalue weighted by Crippen LogP contribution is 2.46. The number of nitrogens with zero attached hydrogens (tertiary/aromatic N) is 3. The van der Waals surface area contributed by atoms with Crippen LogP contribution in [-0.2, 0) is 52.1 Å². The summed E-state index contributed by atoms with van der Waals surface area (Å²) in [6.45, 7) is 3.27. The van der Waals surface area contributed by atoms with Crippen molar-refractivity contribution in [1.82, 2.24) is 20.0 Å². The highest BCUT2D eigenvalue weighted by atomic mass is 19.1. The molecule has 2 fully saturated rings. The second-order valence-electron chi connectivity index (χ2n) is 18.2. The van der Waals surface area contributed by atoms with E-state index in [0.29, 0.717) is 41.9 Å². The molecule has 0 radical (unpaired) electrons. The monoisotopic (exact) mass is 935 g/mol. The third-order valence-corrected chi connectivity index (χ3v) is 13.4. The number of nitrogens with two attached hydrogens (primary N) is 1. The fourth-order valence-electron chi connectivity index (χ4n) is 9.74. The molecule has 3 aliphatic heterocycles. The molecule has 0 aromatic heterocycles. The van der Waals surface area contributed by atoms with Crippen LogP contribution in [-0.4, -0.2) is 93.2 Å². The summed E-state index contributed by atoms with van der Waals surface area (Å²) in [6, 6.07) is 14.1. The summed E-state index contributed by atoms with van der Waals surface area (Å²) in [6.07, 6.45) is 8.11. The van der Waals surface area contributed by atoms with E-state index in [1.165, 1.54) is 24.0 Å². The van der Waals surface area contributed by atoms with Crippen LogP contribution in [0.2, 0.25) is 0 Å². The van der Waals surface area contributed by atoms with Gasteiger partial charge in [-0.25, -0.2) is 14.1 Å². The van der Waals surface area contributed by atoms with Gasteiger partial charge in [-0.1, -0.05) is 63.1 Å². The third kappa shape index (κ3) is 10.9. The van der Waals surface area contributed by atoms with Crippen LogP contribution in [0.1, 0.15) is 135 Å². The molecular weight excluding hydrogens is 878 g/mol. The number of anilines is 2. The van der Waals surface area contributed by atoms with Gasteiger partial charge >= 0.3 is 6.09 Å². The number of imide groups is 3. The zero-order valence-electron chi connectivity index (χ0n) is 38.4. The smallest absolute Gasteiger partial charge is 0.418 e. The number of fused-ring (bicyclic) bond motifs is 3. The van der Waals surface area contributed by atoms with Gasteiger partial charge < -0.3 is 26.0 Å². The molecule has 7 rings (SSSR count). The van der Waals surface area contributed by atoms with Gasteiger partial charge in [0.15, 0.2) is 0 Å². The number of carbonyl (C=O) groups excluding carboxylic acids is 9. The molecule has 9 amide bonds. The summed E-state index contributed by atoms with van der Waals surface area (Å²) in [7, 11) is 0. The SMILES string of the molecule is CC(=O)Nc1ccc2c(c1)CC[C@@]21OC(=O)N(CC(=O)N(Cc2ccc(F)cc2)[C@@H](C)CC(CCCCCCCCCCNc2ccc3c(c2)C(=O)N(C2CCC(=O)NC2=O)C3=O)C(N)=O)C1=O. The molecule has 0 bridgehead atoms. The predicted molar refractivity (Wildman–Crippen MR) is 246 cm³/mol. The van der Waals surface area contributed by atoms with Crippen LogP contribution in [0.25, 0.3) is 0 Å². The van der Waals surface area contributed by atoms with Gasteiger partial charge in [0, 0.05) is 61.8 Å². The van der Waals surface area contributed by atoms with Crippen LogP contribution in [0, 0.1) is 11.7 Å². The molecule has 0 saturated carbocycles. The number of primary amides is 1. The van der Waals surface area contributed by atoms with Crippen LogP contribution in [0.15, 0.2) is 60.7 Å². The minimum Gasteiger partial charge on any atom is -0.427 e. The number of nitrogens with one attached hydrogen (secondary N) is 3. The first kappa shape index (κ1) is 48.9. The zero-order chi connectivity index (χ0) is 48.7. The van der Waals surface area contributed by atoms with E-state index in [2.05, 4.69) is 16.0 Å². The highest BCUT2D eigenvalue weighted by molar-refractivity contribution is 6.23. The van der Waals surface area contributed by atoms with Gasteiger partial charge in [-0.3, -0.25) is 48.6 Å². The van der Waals surface area contributed by atoms with Gasteiger partial charge in [0.1, 0.15) is 18.4 Å². The third-order valence-electron chi connectivity index (χ3n) is 13.4. The summed E-state index contributed by atoms with van der Waals surface area (Å²) in [5.74, 6) is -5.11. The van der Waals surface area contributed by atoms with Crippen molar-refractivity contribution < 1.29 is 52.3 Å². The second-order valence-corrected chi connectivity index (χ2v) is 18.2. The maximum Gasteiger partial charge on any atom is 0.418 e. The van der Waals surface area contributed by atoms with E-state index in [1.807, 2.05) is 0 Å². The van der Waals surface area contributed by atoms with Gasteiger partial charge in [0.05, 0.1) is 11.1 Å². The molecule has 4 aliphatic rings. The van der Waals surface area contributed by atoms with Crippen LogP contribution in [0.4, 0.5) is 20.6 Å². The quantitative estimate of drug-likeness (QED) is 0.0690. The van der Waals surface area contributed by atoms with Crippen LogP contribution >= 0.6 is 0 Å².